The molecule has 1 aromatic heterocycles. The fourth-order valence-electron chi connectivity index (χ4n) is 1.76. The first kappa shape index (κ1) is 13.6. The van der Waals surface area contributed by atoms with Crippen LogP contribution in [-0.2, 0) is 9.53 Å². The molecule has 0 fully saturated rings. The number of nitrogens with two attached hydrogens (primary N) is 1. The van der Waals surface area contributed by atoms with Crippen molar-refractivity contribution in [1.29, 1.82) is 0 Å². The van der Waals surface area contributed by atoms with Crippen LogP contribution in [0, 0.1) is 0 Å². The molecule has 0 amide bonds. The number of carbonyl (C=O) groups is 1. The van der Waals surface area contributed by atoms with Gasteiger partial charge in [-0.3, -0.25) is 9.78 Å². The Morgan fingerprint density at radius 3 is 3.05 bits per heavy atom. The number of hydrogen-bond acceptors (Lipinski definition) is 5. The molecule has 0 bridgehead atoms. The van der Waals surface area contributed by atoms with Crippen LogP contribution in [0.25, 0.3) is 10.9 Å². The zero-order valence-electron chi connectivity index (χ0n) is 10.4. The first-order valence-corrected chi connectivity index (χ1v) is 6.55. The molecule has 0 aliphatic carbocycles. The van der Waals surface area contributed by atoms with Gasteiger partial charge in [0.15, 0.2) is 0 Å². The van der Waals surface area contributed by atoms with E-state index in [9.17, 15) is 4.79 Å². The molecule has 0 unspecified atom stereocenters. The highest BCUT2D eigenvalue weighted by Crippen LogP contribution is 2.28. The third-order valence-corrected chi connectivity index (χ3v) is 3.16. The summed E-state index contributed by atoms with van der Waals surface area (Å²) in [6, 6.07) is 5.59. The number of nitrogens with one attached hydrogen (secondary N) is 1. The van der Waals surface area contributed by atoms with Crippen molar-refractivity contribution in [3.8, 4) is 0 Å². The molecular weight excluding hydrogens is 310 g/mol. The van der Waals surface area contributed by atoms with E-state index in [0.717, 1.165) is 21.1 Å². The van der Waals surface area contributed by atoms with Crippen LogP contribution in [0.15, 0.2) is 28.9 Å². The van der Waals surface area contributed by atoms with Crippen molar-refractivity contribution >= 4 is 44.2 Å². The first-order valence-electron chi connectivity index (χ1n) is 5.76. The normalized spacial score (nSPS) is 10.4. The second-order valence-electron chi connectivity index (χ2n) is 4.00. The Morgan fingerprint density at radius 1 is 1.53 bits per heavy atom. The molecule has 5 nitrogen and oxygen atoms in total. The number of esters is 1. The van der Waals surface area contributed by atoms with Gasteiger partial charge in [-0.25, -0.2) is 0 Å². The van der Waals surface area contributed by atoms with Crippen LogP contribution in [0.1, 0.15) is 6.42 Å². The van der Waals surface area contributed by atoms with Crippen LogP contribution < -0.4 is 11.1 Å². The third-order valence-electron chi connectivity index (χ3n) is 2.72. The van der Waals surface area contributed by atoms with Crippen molar-refractivity contribution in [2.45, 2.75) is 6.42 Å². The molecule has 1 heterocycles. The minimum Gasteiger partial charge on any atom is -0.469 e. The van der Waals surface area contributed by atoms with Crippen LogP contribution in [0.2, 0.25) is 0 Å². The molecule has 100 valence electrons. The summed E-state index contributed by atoms with van der Waals surface area (Å²) >= 11 is 3.37. The lowest BCUT2D eigenvalue weighted by Gasteiger charge is -2.10. The fraction of sp³-hybridized carbons (Fsp3) is 0.231. The number of methoxy groups -OCH3 is 1. The maximum Gasteiger partial charge on any atom is 0.307 e. The van der Waals surface area contributed by atoms with Gasteiger partial charge in [-0.1, -0.05) is 0 Å². The van der Waals surface area contributed by atoms with Crippen LogP contribution in [0.3, 0.4) is 0 Å². The average Bonchev–Trinajstić information content (AvgIpc) is 2.41. The summed E-state index contributed by atoms with van der Waals surface area (Å²) in [7, 11) is 1.38. The van der Waals surface area contributed by atoms with Gasteiger partial charge < -0.3 is 15.8 Å². The van der Waals surface area contributed by atoms with E-state index in [-0.39, 0.29) is 5.97 Å². The van der Waals surface area contributed by atoms with Crippen molar-refractivity contribution < 1.29 is 9.53 Å². The van der Waals surface area contributed by atoms with E-state index in [1.54, 1.807) is 6.20 Å². The van der Waals surface area contributed by atoms with E-state index in [1.165, 1.54) is 7.11 Å². The quantitative estimate of drug-likeness (QED) is 0.668. The Hall–Kier alpha value is -1.82. The van der Waals surface area contributed by atoms with E-state index in [4.69, 9.17) is 5.73 Å². The number of fused-ring (bicyclic) bond motifs is 1. The number of nitrogen functional groups attached to an aromatic ring is 1. The van der Waals surface area contributed by atoms with Gasteiger partial charge in [-0.05, 0) is 34.1 Å². The minimum absolute atomic E-state index is 0.247. The predicted molar refractivity (Wildman–Crippen MR) is 79.0 cm³/mol. The van der Waals surface area contributed by atoms with Crippen molar-refractivity contribution in [3.63, 3.8) is 0 Å². The predicted octanol–water partition coefficient (Wildman–Crippen LogP) is 2.55. The number of aromatic nitrogens is 1. The molecule has 0 spiro atoms. The molecule has 2 rings (SSSR count). The topological polar surface area (TPSA) is 77.2 Å². The Morgan fingerprint density at radius 2 is 2.32 bits per heavy atom. The van der Waals surface area contributed by atoms with Gasteiger partial charge in [0.1, 0.15) is 0 Å². The molecule has 6 heteroatoms. The molecule has 0 radical (unpaired) electrons. The summed E-state index contributed by atoms with van der Waals surface area (Å²) in [6.45, 7) is 0.490. The second-order valence-corrected chi connectivity index (χ2v) is 4.92. The van der Waals surface area contributed by atoms with Crippen LogP contribution >= 0.6 is 15.9 Å². The second kappa shape index (κ2) is 5.88. The summed E-state index contributed by atoms with van der Waals surface area (Å²) in [4.78, 5) is 15.4. The molecule has 0 aliphatic rings. The smallest absolute Gasteiger partial charge is 0.307 e. The van der Waals surface area contributed by atoms with Gasteiger partial charge in [0.25, 0.3) is 0 Å². The minimum atomic E-state index is -0.247. The van der Waals surface area contributed by atoms with E-state index >= 15 is 0 Å². The number of rotatable bonds is 4. The van der Waals surface area contributed by atoms with Gasteiger partial charge >= 0.3 is 5.97 Å². The van der Waals surface area contributed by atoms with E-state index < -0.39 is 0 Å². The summed E-state index contributed by atoms with van der Waals surface area (Å²) in [5, 5.41) is 4.04. The van der Waals surface area contributed by atoms with E-state index in [2.05, 4.69) is 31.0 Å². The molecular formula is C13H14BrN3O2. The summed E-state index contributed by atoms with van der Waals surface area (Å²) in [5.41, 5.74) is 8.23. The van der Waals surface area contributed by atoms with Gasteiger partial charge in [0, 0.05) is 28.3 Å². The number of ether oxygens (including phenoxy) is 1. The maximum atomic E-state index is 11.1. The fourth-order valence-corrected chi connectivity index (χ4v) is 2.09. The Balaban J connectivity index is 2.24. The SMILES string of the molecule is COC(=O)CCNc1ccc(N)c2cc(Br)cnc12. The van der Waals surface area contributed by atoms with Gasteiger partial charge in [0.2, 0.25) is 0 Å². The molecule has 0 saturated carbocycles. The lowest BCUT2D eigenvalue weighted by Crippen LogP contribution is -2.10. The third kappa shape index (κ3) is 3.14. The van der Waals surface area contributed by atoms with Gasteiger partial charge in [-0.2, -0.15) is 0 Å². The monoisotopic (exact) mass is 323 g/mol. The molecule has 19 heavy (non-hydrogen) atoms. The highest BCUT2D eigenvalue weighted by molar-refractivity contribution is 9.10. The number of hydrogen-bond donors (Lipinski definition) is 2. The van der Waals surface area contributed by atoms with Crippen molar-refractivity contribution in [2.75, 3.05) is 24.7 Å². The Kier molecular flexibility index (Phi) is 4.21. The highest BCUT2D eigenvalue weighted by atomic mass is 79.9. The van der Waals surface area contributed by atoms with Crippen molar-refractivity contribution in [2.24, 2.45) is 0 Å². The van der Waals surface area contributed by atoms with Gasteiger partial charge in [-0.15, -0.1) is 0 Å². The molecule has 0 aliphatic heterocycles. The Bertz CT molecular complexity index is 616. The van der Waals surface area contributed by atoms with Crippen molar-refractivity contribution in [1.82, 2.24) is 4.98 Å². The number of pyridine rings is 1. The number of nitrogens with zero attached hydrogens (tertiary/aromatic N) is 1. The largest absolute Gasteiger partial charge is 0.469 e. The number of carbonyl (C=O) groups excluding carboxylic acids is 1. The molecule has 2 aromatic rings. The molecule has 3 N–H and O–H groups in total. The lowest BCUT2D eigenvalue weighted by atomic mass is 10.1. The number of halogens is 1. The molecule has 0 atom stereocenters. The summed E-state index contributed by atoms with van der Waals surface area (Å²) < 4.78 is 5.46. The van der Waals surface area contributed by atoms with Crippen molar-refractivity contribution in [3.05, 3.63) is 28.9 Å². The maximum absolute atomic E-state index is 11.1. The standard InChI is InChI=1S/C13H14BrN3O2/c1-19-12(18)4-5-16-11-3-2-10(15)9-6-8(14)7-17-13(9)11/h2-3,6-7,16H,4-5,15H2,1H3. The number of anilines is 2. The Labute approximate surface area is 119 Å². The summed E-state index contributed by atoms with van der Waals surface area (Å²) in [5.74, 6) is -0.247. The number of benzene rings is 1. The van der Waals surface area contributed by atoms with Crippen LogP contribution in [0.4, 0.5) is 11.4 Å². The summed E-state index contributed by atoms with van der Waals surface area (Å²) in [6.07, 6.45) is 2.02. The first-order chi connectivity index (χ1) is 9.11. The van der Waals surface area contributed by atoms with Gasteiger partial charge in [0.05, 0.1) is 24.7 Å². The van der Waals surface area contributed by atoms with Crippen LogP contribution in [-0.4, -0.2) is 24.6 Å². The zero-order chi connectivity index (χ0) is 13.8. The molecule has 0 saturated heterocycles. The van der Waals surface area contributed by atoms with E-state index in [0.29, 0.717) is 18.7 Å². The van der Waals surface area contributed by atoms with E-state index in [1.807, 2.05) is 18.2 Å². The lowest BCUT2D eigenvalue weighted by molar-refractivity contribution is -0.140. The average molecular weight is 324 g/mol. The van der Waals surface area contributed by atoms with Crippen LogP contribution in [0.5, 0.6) is 0 Å². The highest BCUT2D eigenvalue weighted by Gasteiger charge is 2.07. The zero-order valence-corrected chi connectivity index (χ0v) is 12.0. The molecule has 1 aromatic carbocycles.